The van der Waals surface area contributed by atoms with Gasteiger partial charge < -0.3 is 5.73 Å². The number of hydrogen-bond acceptors (Lipinski definition) is 3. The Bertz CT molecular complexity index is 496. The summed E-state index contributed by atoms with van der Waals surface area (Å²) >= 11 is 0. The van der Waals surface area contributed by atoms with Crippen LogP contribution in [0.3, 0.4) is 0 Å². The normalized spacial score (nSPS) is 17.5. The van der Waals surface area contributed by atoms with Gasteiger partial charge in [0.1, 0.15) is 0 Å². The van der Waals surface area contributed by atoms with Gasteiger partial charge in [0.25, 0.3) is 0 Å². The molecule has 0 aliphatic heterocycles. The molecule has 2 rings (SSSR count). The van der Waals surface area contributed by atoms with Gasteiger partial charge in [-0.25, -0.2) is 8.42 Å². The number of hydrogen-bond donors (Lipinski definition) is 1. The van der Waals surface area contributed by atoms with Crippen LogP contribution < -0.4 is 5.73 Å². The molecule has 5 heteroatoms. The second-order valence-corrected chi connectivity index (χ2v) is 7.35. The fourth-order valence-electron chi connectivity index (χ4n) is 2.91. The van der Waals surface area contributed by atoms with E-state index < -0.39 is 10.0 Å². The Labute approximate surface area is 122 Å². The van der Waals surface area contributed by atoms with Crippen LogP contribution in [0.1, 0.15) is 37.7 Å². The zero-order valence-electron chi connectivity index (χ0n) is 11.9. The van der Waals surface area contributed by atoms with Gasteiger partial charge in [-0.15, -0.1) is 0 Å². The first-order valence-corrected chi connectivity index (χ1v) is 8.98. The summed E-state index contributed by atoms with van der Waals surface area (Å²) in [7, 11) is -3.28. The van der Waals surface area contributed by atoms with Crippen LogP contribution in [0.2, 0.25) is 0 Å². The van der Waals surface area contributed by atoms with Crippen LogP contribution in [0.4, 0.5) is 0 Å². The summed E-state index contributed by atoms with van der Waals surface area (Å²) in [5, 5.41) is 0. The van der Waals surface area contributed by atoms with E-state index in [1.54, 1.807) is 4.31 Å². The lowest BCUT2D eigenvalue weighted by Crippen LogP contribution is -2.44. The van der Waals surface area contributed by atoms with Crippen LogP contribution in [0.25, 0.3) is 0 Å². The van der Waals surface area contributed by atoms with E-state index in [-0.39, 0.29) is 11.8 Å². The summed E-state index contributed by atoms with van der Waals surface area (Å²) in [6.45, 7) is 0.810. The van der Waals surface area contributed by atoms with Gasteiger partial charge in [0.05, 0.1) is 5.75 Å². The summed E-state index contributed by atoms with van der Waals surface area (Å²) < 4.78 is 27.0. The summed E-state index contributed by atoms with van der Waals surface area (Å²) in [4.78, 5) is 0. The fraction of sp³-hybridized carbons (Fsp3) is 0.600. The van der Waals surface area contributed by atoms with E-state index in [1.807, 2.05) is 30.3 Å². The largest absolute Gasteiger partial charge is 0.329 e. The maximum absolute atomic E-state index is 12.7. The van der Waals surface area contributed by atoms with Crippen LogP contribution in [0.5, 0.6) is 0 Å². The molecule has 0 bridgehead atoms. The van der Waals surface area contributed by atoms with E-state index in [0.29, 0.717) is 13.1 Å². The summed E-state index contributed by atoms with van der Waals surface area (Å²) in [5.74, 6) is 0.0737. The smallest absolute Gasteiger partial charge is 0.218 e. The van der Waals surface area contributed by atoms with Gasteiger partial charge in [-0.2, -0.15) is 4.31 Å². The first kappa shape index (κ1) is 15.5. The first-order valence-electron chi connectivity index (χ1n) is 7.37. The quantitative estimate of drug-likeness (QED) is 0.874. The minimum absolute atomic E-state index is 0.0737. The summed E-state index contributed by atoms with van der Waals surface area (Å²) in [5.41, 5.74) is 6.46. The van der Waals surface area contributed by atoms with E-state index >= 15 is 0 Å². The highest BCUT2D eigenvalue weighted by atomic mass is 32.2. The average molecular weight is 296 g/mol. The van der Waals surface area contributed by atoms with E-state index in [0.717, 1.165) is 31.2 Å². The van der Waals surface area contributed by atoms with E-state index in [2.05, 4.69) is 0 Å². The Morgan fingerprint density at radius 3 is 2.35 bits per heavy atom. The topological polar surface area (TPSA) is 63.4 Å². The van der Waals surface area contributed by atoms with Crippen molar-refractivity contribution in [3.05, 3.63) is 35.9 Å². The van der Waals surface area contributed by atoms with Crippen LogP contribution in [0, 0.1) is 0 Å². The van der Waals surface area contributed by atoms with Crippen LogP contribution in [-0.2, 0) is 15.8 Å². The van der Waals surface area contributed by atoms with Gasteiger partial charge in [-0.3, -0.25) is 0 Å². The zero-order chi connectivity index (χ0) is 14.4. The molecule has 0 heterocycles. The van der Waals surface area contributed by atoms with Gasteiger partial charge in [0.2, 0.25) is 10.0 Å². The van der Waals surface area contributed by atoms with Gasteiger partial charge in [0.15, 0.2) is 0 Å². The van der Waals surface area contributed by atoms with Crippen LogP contribution in [0.15, 0.2) is 30.3 Å². The number of nitrogens with two attached hydrogens (primary N) is 1. The number of rotatable bonds is 6. The van der Waals surface area contributed by atoms with Crippen molar-refractivity contribution in [3.8, 4) is 0 Å². The fourth-order valence-corrected chi connectivity index (χ4v) is 4.74. The minimum atomic E-state index is -3.28. The third kappa shape index (κ3) is 4.04. The maximum Gasteiger partial charge on any atom is 0.218 e. The number of nitrogens with zero attached hydrogens (tertiary/aromatic N) is 1. The lowest BCUT2D eigenvalue weighted by molar-refractivity contribution is 0.257. The van der Waals surface area contributed by atoms with Gasteiger partial charge >= 0.3 is 0 Å². The lowest BCUT2D eigenvalue weighted by Gasteiger charge is -2.33. The monoisotopic (exact) mass is 296 g/mol. The third-order valence-electron chi connectivity index (χ3n) is 3.88. The van der Waals surface area contributed by atoms with Crippen molar-refractivity contribution in [3.63, 3.8) is 0 Å². The van der Waals surface area contributed by atoms with Crippen LogP contribution in [-0.4, -0.2) is 31.9 Å². The molecule has 0 atom stereocenters. The molecule has 1 aromatic rings. The third-order valence-corrected chi connectivity index (χ3v) is 5.77. The molecule has 1 saturated carbocycles. The van der Waals surface area contributed by atoms with Gasteiger partial charge in [0, 0.05) is 19.1 Å². The Hall–Kier alpha value is -0.910. The van der Waals surface area contributed by atoms with Crippen molar-refractivity contribution < 1.29 is 8.42 Å². The highest BCUT2D eigenvalue weighted by Gasteiger charge is 2.30. The molecule has 112 valence electrons. The van der Waals surface area contributed by atoms with E-state index in [1.165, 1.54) is 6.42 Å². The molecule has 2 N–H and O–H groups in total. The van der Waals surface area contributed by atoms with Crippen molar-refractivity contribution in [1.82, 2.24) is 4.31 Å². The Kier molecular flexibility index (Phi) is 5.57. The molecule has 0 amide bonds. The zero-order valence-corrected chi connectivity index (χ0v) is 12.7. The maximum atomic E-state index is 12.7. The molecule has 0 aromatic heterocycles. The highest BCUT2D eigenvalue weighted by molar-refractivity contribution is 7.88. The minimum Gasteiger partial charge on any atom is -0.329 e. The molecule has 1 fully saturated rings. The van der Waals surface area contributed by atoms with E-state index in [4.69, 9.17) is 5.73 Å². The second-order valence-electron chi connectivity index (χ2n) is 5.43. The van der Waals surface area contributed by atoms with Gasteiger partial charge in [-0.05, 0) is 18.4 Å². The molecule has 1 aliphatic rings. The predicted octanol–water partition coefficient (Wildman–Crippen LogP) is 2.11. The standard InChI is InChI=1S/C15H24N2O2S/c16-11-12-17(15-9-5-2-6-10-15)20(18,19)13-14-7-3-1-4-8-14/h1,3-4,7-8,15H,2,5-6,9-13,16H2. The Morgan fingerprint density at radius 2 is 1.75 bits per heavy atom. The molecule has 4 nitrogen and oxygen atoms in total. The molecule has 0 spiro atoms. The molecule has 0 unspecified atom stereocenters. The molecule has 0 saturated heterocycles. The number of sulfonamides is 1. The molecule has 1 aliphatic carbocycles. The summed E-state index contributed by atoms with van der Waals surface area (Å²) in [6.07, 6.45) is 5.38. The predicted molar refractivity (Wildman–Crippen MR) is 81.7 cm³/mol. The van der Waals surface area contributed by atoms with Crippen molar-refractivity contribution in [2.24, 2.45) is 5.73 Å². The van der Waals surface area contributed by atoms with Crippen molar-refractivity contribution in [2.45, 2.75) is 43.9 Å². The molecular weight excluding hydrogens is 272 g/mol. The van der Waals surface area contributed by atoms with Crippen molar-refractivity contribution in [2.75, 3.05) is 13.1 Å². The van der Waals surface area contributed by atoms with Crippen molar-refractivity contribution >= 4 is 10.0 Å². The Morgan fingerprint density at radius 1 is 1.10 bits per heavy atom. The molecule has 1 aromatic carbocycles. The van der Waals surface area contributed by atoms with Crippen LogP contribution >= 0.6 is 0 Å². The SMILES string of the molecule is NCCN(C1CCCCC1)S(=O)(=O)Cc1ccccc1. The number of benzene rings is 1. The highest BCUT2D eigenvalue weighted by Crippen LogP contribution is 2.25. The summed E-state index contributed by atoms with van der Waals surface area (Å²) in [6, 6.07) is 9.51. The molecule has 20 heavy (non-hydrogen) atoms. The second kappa shape index (κ2) is 7.20. The average Bonchev–Trinajstić information content (AvgIpc) is 2.46. The lowest BCUT2D eigenvalue weighted by atomic mass is 9.95. The molecule has 0 radical (unpaired) electrons. The van der Waals surface area contributed by atoms with Crippen molar-refractivity contribution in [1.29, 1.82) is 0 Å². The van der Waals surface area contributed by atoms with E-state index in [9.17, 15) is 8.42 Å². The Balaban J connectivity index is 2.13. The van der Waals surface area contributed by atoms with Gasteiger partial charge in [-0.1, -0.05) is 49.6 Å². The first-order chi connectivity index (χ1) is 9.63. The molecular formula is C15H24N2O2S.